The first-order valence-electron chi connectivity index (χ1n) is 6.53. The van der Waals surface area contributed by atoms with Gasteiger partial charge in [0.05, 0.1) is 17.0 Å². The molecule has 0 aromatic carbocycles. The van der Waals surface area contributed by atoms with Crippen molar-refractivity contribution >= 4 is 16.3 Å². The fourth-order valence-electron chi connectivity index (χ4n) is 1.84. The summed E-state index contributed by atoms with van der Waals surface area (Å²) < 4.78 is 2.14. The Bertz CT molecular complexity index is 590. The van der Waals surface area contributed by atoms with Crippen molar-refractivity contribution in [2.75, 3.05) is 0 Å². The minimum Gasteiger partial charge on any atom is -0.389 e. The Morgan fingerprint density at radius 1 is 1.32 bits per heavy atom. The summed E-state index contributed by atoms with van der Waals surface area (Å²) in [5, 5.41) is 13.6. The molecule has 19 heavy (non-hydrogen) atoms. The highest BCUT2D eigenvalue weighted by Crippen LogP contribution is 2.24. The number of aromatic nitrogens is 2. The molecule has 0 radical (unpaired) electrons. The minimum atomic E-state index is -0.782. The summed E-state index contributed by atoms with van der Waals surface area (Å²) in [6, 6.07) is 0. The van der Waals surface area contributed by atoms with Gasteiger partial charge in [0.1, 0.15) is 0 Å². The lowest BCUT2D eigenvalue weighted by molar-refractivity contribution is -0.00550. The SMILES string of the molecule is Cc1cn2c(CNC(C)(C)C(C)(C)O)c(C)nc2s1. The van der Waals surface area contributed by atoms with Gasteiger partial charge in [-0.1, -0.05) is 0 Å². The molecule has 0 saturated carbocycles. The van der Waals surface area contributed by atoms with E-state index in [1.807, 2.05) is 34.6 Å². The molecule has 5 heteroatoms. The number of thiazole rings is 1. The molecule has 0 spiro atoms. The van der Waals surface area contributed by atoms with Gasteiger partial charge in [-0.15, -0.1) is 11.3 Å². The number of nitrogens with zero attached hydrogens (tertiary/aromatic N) is 2. The van der Waals surface area contributed by atoms with Crippen molar-refractivity contribution in [3.8, 4) is 0 Å². The van der Waals surface area contributed by atoms with Crippen LogP contribution in [0.25, 0.3) is 4.96 Å². The van der Waals surface area contributed by atoms with Crippen molar-refractivity contribution in [1.82, 2.24) is 14.7 Å². The summed E-state index contributed by atoms with van der Waals surface area (Å²) in [7, 11) is 0. The third-order valence-electron chi connectivity index (χ3n) is 3.97. The Morgan fingerprint density at radius 2 is 1.95 bits per heavy atom. The molecule has 0 saturated heterocycles. The summed E-state index contributed by atoms with van der Waals surface area (Å²) in [4.78, 5) is 6.87. The van der Waals surface area contributed by atoms with Crippen molar-refractivity contribution in [3.63, 3.8) is 0 Å². The van der Waals surface area contributed by atoms with E-state index >= 15 is 0 Å². The second-order valence-electron chi connectivity index (χ2n) is 6.18. The third kappa shape index (κ3) is 2.68. The topological polar surface area (TPSA) is 49.6 Å². The number of hydrogen-bond acceptors (Lipinski definition) is 4. The maximum atomic E-state index is 10.2. The summed E-state index contributed by atoms with van der Waals surface area (Å²) in [6.45, 7) is 12.5. The van der Waals surface area contributed by atoms with E-state index in [4.69, 9.17) is 0 Å². The van der Waals surface area contributed by atoms with E-state index in [-0.39, 0.29) is 5.54 Å². The fourth-order valence-corrected chi connectivity index (χ4v) is 2.73. The summed E-state index contributed by atoms with van der Waals surface area (Å²) in [5.74, 6) is 0. The summed E-state index contributed by atoms with van der Waals surface area (Å²) >= 11 is 1.70. The van der Waals surface area contributed by atoms with Crippen molar-refractivity contribution in [2.24, 2.45) is 0 Å². The van der Waals surface area contributed by atoms with Gasteiger partial charge in [0, 0.05) is 23.2 Å². The summed E-state index contributed by atoms with van der Waals surface area (Å²) in [6.07, 6.45) is 2.12. The van der Waals surface area contributed by atoms with E-state index in [1.54, 1.807) is 11.3 Å². The molecule has 2 heterocycles. The van der Waals surface area contributed by atoms with Crippen molar-refractivity contribution in [3.05, 3.63) is 22.5 Å². The molecule has 2 rings (SSSR count). The first-order valence-corrected chi connectivity index (χ1v) is 7.35. The van der Waals surface area contributed by atoms with Crippen molar-refractivity contribution < 1.29 is 5.11 Å². The van der Waals surface area contributed by atoms with Crippen LogP contribution < -0.4 is 5.32 Å². The van der Waals surface area contributed by atoms with Gasteiger partial charge < -0.3 is 10.4 Å². The number of aliphatic hydroxyl groups is 1. The van der Waals surface area contributed by atoms with Crippen molar-refractivity contribution in [1.29, 1.82) is 0 Å². The normalized spacial score (nSPS) is 13.4. The highest BCUT2D eigenvalue weighted by atomic mass is 32.1. The molecule has 0 aliphatic heterocycles. The molecule has 0 bridgehead atoms. The Labute approximate surface area is 118 Å². The first kappa shape index (κ1) is 14.5. The van der Waals surface area contributed by atoms with Crippen LogP contribution in [0.5, 0.6) is 0 Å². The highest BCUT2D eigenvalue weighted by Gasteiger charge is 2.34. The van der Waals surface area contributed by atoms with E-state index in [0.717, 1.165) is 16.3 Å². The van der Waals surface area contributed by atoms with Crippen LogP contribution in [0.1, 0.15) is 44.0 Å². The van der Waals surface area contributed by atoms with Crippen LogP contribution in [-0.4, -0.2) is 25.6 Å². The van der Waals surface area contributed by atoms with Crippen LogP contribution in [0.2, 0.25) is 0 Å². The van der Waals surface area contributed by atoms with Crippen LogP contribution >= 0.6 is 11.3 Å². The van der Waals surface area contributed by atoms with Crippen LogP contribution in [0, 0.1) is 13.8 Å². The maximum Gasteiger partial charge on any atom is 0.194 e. The molecule has 0 aliphatic rings. The predicted octanol–water partition coefficient (Wildman–Crippen LogP) is 2.65. The van der Waals surface area contributed by atoms with Gasteiger partial charge in [-0.05, 0) is 41.5 Å². The molecule has 2 aromatic heterocycles. The van der Waals surface area contributed by atoms with Crippen LogP contribution in [-0.2, 0) is 6.54 Å². The monoisotopic (exact) mass is 281 g/mol. The van der Waals surface area contributed by atoms with E-state index in [2.05, 4.69) is 27.8 Å². The molecule has 106 valence electrons. The lowest BCUT2D eigenvalue weighted by Gasteiger charge is -2.38. The van der Waals surface area contributed by atoms with E-state index in [9.17, 15) is 5.11 Å². The second-order valence-corrected chi connectivity index (χ2v) is 7.39. The van der Waals surface area contributed by atoms with Crippen LogP contribution in [0.4, 0.5) is 0 Å². The Kier molecular flexibility index (Phi) is 3.49. The summed E-state index contributed by atoms with van der Waals surface area (Å²) in [5.41, 5.74) is 1.06. The standard InChI is InChI=1S/C14H23N3OS/c1-9-8-17-11(10(2)16-12(17)19-9)7-15-13(3,4)14(5,6)18/h8,15,18H,7H2,1-6H3. The van der Waals surface area contributed by atoms with Gasteiger partial charge in [-0.25, -0.2) is 4.98 Å². The van der Waals surface area contributed by atoms with Gasteiger partial charge in [-0.2, -0.15) is 0 Å². The Balaban J connectivity index is 2.24. The Hall–Kier alpha value is -0.910. The number of nitrogens with one attached hydrogen (secondary N) is 1. The third-order valence-corrected chi connectivity index (χ3v) is 4.87. The molecular weight excluding hydrogens is 258 g/mol. The van der Waals surface area contributed by atoms with Gasteiger partial charge in [0.25, 0.3) is 0 Å². The highest BCUT2D eigenvalue weighted by molar-refractivity contribution is 7.17. The molecule has 0 unspecified atom stereocenters. The van der Waals surface area contributed by atoms with Gasteiger partial charge in [0.15, 0.2) is 4.96 Å². The smallest absolute Gasteiger partial charge is 0.194 e. The van der Waals surface area contributed by atoms with E-state index < -0.39 is 5.60 Å². The number of fused-ring (bicyclic) bond motifs is 1. The van der Waals surface area contributed by atoms with E-state index in [1.165, 1.54) is 4.88 Å². The van der Waals surface area contributed by atoms with Gasteiger partial charge in [-0.3, -0.25) is 4.40 Å². The fraction of sp³-hybridized carbons (Fsp3) is 0.643. The quantitative estimate of drug-likeness (QED) is 0.906. The zero-order valence-electron chi connectivity index (χ0n) is 12.5. The Morgan fingerprint density at radius 3 is 2.53 bits per heavy atom. The predicted molar refractivity (Wildman–Crippen MR) is 79.8 cm³/mol. The molecule has 2 N–H and O–H groups in total. The lowest BCUT2D eigenvalue weighted by Crippen LogP contribution is -2.55. The molecule has 0 aliphatic carbocycles. The van der Waals surface area contributed by atoms with E-state index in [0.29, 0.717) is 6.54 Å². The maximum absolute atomic E-state index is 10.2. The van der Waals surface area contributed by atoms with Gasteiger partial charge in [0.2, 0.25) is 0 Å². The number of rotatable bonds is 4. The largest absolute Gasteiger partial charge is 0.389 e. The molecular formula is C14H23N3OS. The first-order chi connectivity index (χ1) is 8.62. The molecule has 2 aromatic rings. The number of imidazole rings is 1. The molecule has 0 fully saturated rings. The zero-order valence-corrected chi connectivity index (χ0v) is 13.4. The molecule has 0 amide bonds. The second kappa shape index (κ2) is 4.58. The molecule has 4 nitrogen and oxygen atoms in total. The minimum absolute atomic E-state index is 0.366. The number of aryl methyl sites for hydroxylation is 2. The average molecular weight is 281 g/mol. The average Bonchev–Trinajstić information content (AvgIpc) is 2.69. The van der Waals surface area contributed by atoms with Crippen molar-refractivity contribution in [2.45, 2.75) is 59.2 Å². The number of hydrogen-bond donors (Lipinski definition) is 2. The lowest BCUT2D eigenvalue weighted by atomic mass is 9.86. The molecule has 0 atom stereocenters. The zero-order chi connectivity index (χ0) is 14.4. The van der Waals surface area contributed by atoms with Crippen LogP contribution in [0.15, 0.2) is 6.20 Å². The van der Waals surface area contributed by atoms with Crippen LogP contribution in [0.3, 0.4) is 0 Å². The van der Waals surface area contributed by atoms with Gasteiger partial charge >= 0.3 is 0 Å².